The summed E-state index contributed by atoms with van der Waals surface area (Å²) in [7, 11) is 0. The van der Waals surface area contributed by atoms with Crippen molar-refractivity contribution in [2.45, 2.75) is 13.0 Å². The zero-order valence-corrected chi connectivity index (χ0v) is 15.1. The molecule has 0 saturated carbocycles. The third-order valence-electron chi connectivity index (χ3n) is 4.10. The molecule has 4 N–H and O–H groups in total. The maximum absolute atomic E-state index is 14.5. The minimum absolute atomic E-state index is 0.0768. The van der Waals surface area contributed by atoms with Gasteiger partial charge >= 0.3 is 6.09 Å². The second-order valence-corrected chi connectivity index (χ2v) is 6.29. The molecule has 1 heterocycles. The Kier molecular flexibility index (Phi) is 5.44. The minimum atomic E-state index is -0.644. The topological polar surface area (TPSA) is 114 Å². The lowest BCUT2D eigenvalue weighted by Crippen LogP contribution is -2.33. The van der Waals surface area contributed by atoms with Crippen molar-refractivity contribution in [2.24, 2.45) is 0 Å². The van der Waals surface area contributed by atoms with Crippen LogP contribution in [0.1, 0.15) is 6.92 Å². The van der Waals surface area contributed by atoms with E-state index in [1.807, 2.05) is 0 Å². The summed E-state index contributed by atoms with van der Waals surface area (Å²) in [5.41, 5.74) is 6.08. The highest BCUT2D eigenvalue weighted by atomic mass is 19.1. The molecular weight excluding hydrogens is 367 g/mol. The smallest absolute Gasteiger partial charge is 0.414 e. The molecule has 0 aliphatic carbocycles. The molecule has 1 aliphatic rings. The van der Waals surface area contributed by atoms with Crippen molar-refractivity contribution in [2.75, 3.05) is 29.0 Å². The fourth-order valence-electron chi connectivity index (χ4n) is 2.73. The number of nitrogens with two attached hydrogens (primary N) is 1. The molecule has 146 valence electrons. The van der Waals surface area contributed by atoms with Gasteiger partial charge in [0.25, 0.3) is 0 Å². The number of anilines is 4. The lowest BCUT2D eigenvalue weighted by Gasteiger charge is -2.15. The Balaban J connectivity index is 1.76. The largest absolute Gasteiger partial charge is 0.442 e. The van der Waals surface area contributed by atoms with Crippen molar-refractivity contribution >= 4 is 34.7 Å². The molecule has 28 heavy (non-hydrogen) atoms. The first-order chi connectivity index (χ1) is 13.3. The average Bonchev–Trinajstić information content (AvgIpc) is 2.92. The summed E-state index contributed by atoms with van der Waals surface area (Å²) in [5.74, 6) is -0.876. The van der Waals surface area contributed by atoms with Gasteiger partial charge < -0.3 is 21.1 Å². The second-order valence-electron chi connectivity index (χ2n) is 6.29. The number of cyclic esters (lactones) is 1. The molecular formula is C19H19FN4O4. The van der Waals surface area contributed by atoms with E-state index >= 15 is 0 Å². The van der Waals surface area contributed by atoms with E-state index in [4.69, 9.17) is 10.5 Å². The van der Waals surface area contributed by atoms with Gasteiger partial charge in [0, 0.05) is 18.7 Å². The molecule has 3 rings (SSSR count). The number of nitrogens with one attached hydrogen (secondary N) is 2. The number of carbonyl (C=O) groups is 2. The summed E-state index contributed by atoms with van der Waals surface area (Å²) < 4.78 is 19.7. The van der Waals surface area contributed by atoms with Crippen molar-refractivity contribution in [1.29, 1.82) is 0 Å². The molecule has 2 aromatic rings. The number of halogens is 1. The summed E-state index contributed by atoms with van der Waals surface area (Å²) in [4.78, 5) is 36.3. The number of rotatable bonds is 5. The average molecular weight is 386 g/mol. The van der Waals surface area contributed by atoms with Crippen LogP contribution in [0.25, 0.3) is 0 Å². The number of benzene rings is 1. The van der Waals surface area contributed by atoms with Gasteiger partial charge in [-0.1, -0.05) is 6.07 Å². The summed E-state index contributed by atoms with van der Waals surface area (Å²) in [6.07, 6.45) is -1.14. The van der Waals surface area contributed by atoms with Gasteiger partial charge in [0.15, 0.2) is 0 Å². The van der Waals surface area contributed by atoms with Crippen molar-refractivity contribution < 1.29 is 18.7 Å². The molecule has 9 heteroatoms. The maximum Gasteiger partial charge on any atom is 0.414 e. The number of ether oxygens (including phenoxy) is 1. The van der Waals surface area contributed by atoms with Crippen LogP contribution in [-0.2, 0) is 9.53 Å². The number of nitrogen functional groups attached to an aromatic ring is 1. The van der Waals surface area contributed by atoms with Gasteiger partial charge in [-0.05, 0) is 30.3 Å². The Bertz CT molecular complexity index is 982. The molecule has 1 aliphatic heterocycles. The summed E-state index contributed by atoms with van der Waals surface area (Å²) in [6.45, 7) is 1.73. The summed E-state index contributed by atoms with van der Waals surface area (Å²) >= 11 is 0. The molecule has 2 amide bonds. The predicted octanol–water partition coefficient (Wildman–Crippen LogP) is 1.97. The molecule has 0 unspecified atom stereocenters. The van der Waals surface area contributed by atoms with Crippen LogP contribution >= 0.6 is 0 Å². The van der Waals surface area contributed by atoms with Gasteiger partial charge in [0.05, 0.1) is 30.2 Å². The van der Waals surface area contributed by atoms with Gasteiger partial charge in [0.2, 0.25) is 11.3 Å². The molecule has 0 spiro atoms. The number of nitrogens with zero attached hydrogens (tertiary/aromatic N) is 1. The molecule has 1 fully saturated rings. The molecule has 0 aromatic heterocycles. The molecule has 0 radical (unpaired) electrons. The first-order valence-corrected chi connectivity index (χ1v) is 8.52. The number of hydrogen-bond acceptors (Lipinski definition) is 6. The Hall–Kier alpha value is -3.62. The summed E-state index contributed by atoms with van der Waals surface area (Å²) in [5, 5.41) is 5.31. The Morgan fingerprint density at radius 3 is 2.75 bits per heavy atom. The highest BCUT2D eigenvalue weighted by molar-refractivity contribution is 5.90. The Labute approximate surface area is 160 Å². The van der Waals surface area contributed by atoms with Crippen LogP contribution in [-0.4, -0.2) is 31.2 Å². The van der Waals surface area contributed by atoms with Crippen LogP contribution in [0.3, 0.4) is 0 Å². The standard InChI is InChI=1S/C19H19FN4O4/c1-11(25)22-9-14-10-24(19(27)28-14)13-5-6-16(15(20)8-13)23-17-4-2-3-12(21)7-18(17)26/h2-8,14H,9-10,21H2,1H3,(H,22,25)(H,23,26)/t14-/m0/s1. The highest BCUT2D eigenvalue weighted by Crippen LogP contribution is 2.27. The molecule has 8 nitrogen and oxygen atoms in total. The zero-order valence-electron chi connectivity index (χ0n) is 15.1. The number of hydrogen-bond donors (Lipinski definition) is 3. The first kappa shape index (κ1) is 19.2. The molecule has 1 atom stereocenters. The van der Waals surface area contributed by atoms with Gasteiger partial charge in [-0.3, -0.25) is 14.5 Å². The lowest BCUT2D eigenvalue weighted by atomic mass is 10.2. The number of amides is 2. The van der Waals surface area contributed by atoms with E-state index < -0.39 is 18.0 Å². The van der Waals surface area contributed by atoms with Gasteiger partial charge in [0.1, 0.15) is 11.9 Å². The minimum Gasteiger partial charge on any atom is -0.442 e. The third kappa shape index (κ3) is 4.37. The quantitative estimate of drug-likeness (QED) is 0.724. The van der Waals surface area contributed by atoms with Crippen molar-refractivity contribution in [3.63, 3.8) is 0 Å². The molecule has 1 saturated heterocycles. The van der Waals surface area contributed by atoms with Crippen LogP contribution in [0, 0.1) is 5.82 Å². The van der Waals surface area contributed by atoms with E-state index in [0.717, 1.165) is 0 Å². The van der Waals surface area contributed by atoms with Gasteiger partial charge in [-0.25, -0.2) is 9.18 Å². The van der Waals surface area contributed by atoms with Crippen LogP contribution in [0.4, 0.5) is 31.9 Å². The van der Waals surface area contributed by atoms with E-state index in [0.29, 0.717) is 11.4 Å². The predicted molar refractivity (Wildman–Crippen MR) is 103 cm³/mol. The lowest BCUT2D eigenvalue weighted by molar-refractivity contribution is -0.119. The van der Waals surface area contributed by atoms with Crippen LogP contribution in [0.5, 0.6) is 0 Å². The monoisotopic (exact) mass is 386 g/mol. The maximum atomic E-state index is 14.5. The van der Waals surface area contributed by atoms with Crippen molar-refractivity contribution in [3.8, 4) is 0 Å². The SMILES string of the molecule is CC(=O)NC[C@H]1CN(c2ccc(Nc3cccc(N)cc3=O)c(F)c2)C(=O)O1. The van der Waals surface area contributed by atoms with Crippen LogP contribution in [0.15, 0.2) is 47.3 Å². The molecule has 0 bridgehead atoms. The van der Waals surface area contributed by atoms with E-state index in [2.05, 4.69) is 10.6 Å². The summed E-state index contributed by atoms with van der Waals surface area (Å²) in [6, 6.07) is 10.0. The Morgan fingerprint density at radius 2 is 2.04 bits per heavy atom. The second kappa shape index (κ2) is 7.95. The van der Waals surface area contributed by atoms with Crippen LogP contribution in [0.2, 0.25) is 0 Å². The number of carbonyl (C=O) groups excluding carboxylic acids is 2. The third-order valence-corrected chi connectivity index (χ3v) is 4.10. The van der Waals surface area contributed by atoms with Crippen molar-refractivity contribution in [3.05, 3.63) is 58.5 Å². The van der Waals surface area contributed by atoms with Crippen LogP contribution < -0.4 is 26.7 Å². The van der Waals surface area contributed by atoms with E-state index in [9.17, 15) is 18.8 Å². The van der Waals surface area contributed by atoms with E-state index in [1.54, 1.807) is 12.1 Å². The zero-order chi connectivity index (χ0) is 20.3. The van der Waals surface area contributed by atoms with Crippen molar-refractivity contribution in [1.82, 2.24) is 5.32 Å². The van der Waals surface area contributed by atoms with Gasteiger partial charge in [-0.2, -0.15) is 0 Å². The first-order valence-electron chi connectivity index (χ1n) is 8.52. The highest BCUT2D eigenvalue weighted by Gasteiger charge is 2.32. The van der Waals surface area contributed by atoms with E-state index in [-0.39, 0.29) is 35.8 Å². The fourth-order valence-corrected chi connectivity index (χ4v) is 2.73. The molecule has 2 aromatic carbocycles. The van der Waals surface area contributed by atoms with E-state index in [1.165, 1.54) is 42.2 Å². The Morgan fingerprint density at radius 1 is 1.25 bits per heavy atom. The van der Waals surface area contributed by atoms with Gasteiger partial charge in [-0.15, -0.1) is 0 Å². The normalized spacial score (nSPS) is 15.9. The fraction of sp³-hybridized carbons (Fsp3) is 0.211.